The third-order valence-electron chi connectivity index (χ3n) is 10.8. The maximum atomic E-state index is 12.4. The number of ether oxygens (including phenoxy) is 1. The van der Waals surface area contributed by atoms with Crippen LogP contribution in [0.3, 0.4) is 0 Å². The minimum Gasteiger partial charge on any atom is -0.466 e. The molecule has 0 spiro atoms. The quantitative estimate of drug-likeness (QED) is 0.0327. The lowest BCUT2D eigenvalue weighted by Crippen LogP contribution is -2.45. The van der Waals surface area contributed by atoms with Gasteiger partial charge in [-0.25, -0.2) is 0 Å². The first kappa shape index (κ1) is 52.3. The number of allylic oxidation sites excluding steroid dienone is 4. The van der Waals surface area contributed by atoms with Crippen LogP contribution in [0.15, 0.2) is 24.3 Å². The molecule has 0 bridgehead atoms. The maximum absolute atomic E-state index is 12.4. The van der Waals surface area contributed by atoms with Crippen molar-refractivity contribution in [1.82, 2.24) is 5.32 Å². The molecule has 0 saturated heterocycles. The molecule has 0 radical (unpaired) electrons. The summed E-state index contributed by atoms with van der Waals surface area (Å²) in [4.78, 5) is 24.4. The van der Waals surface area contributed by atoms with E-state index in [2.05, 4.69) is 43.5 Å². The van der Waals surface area contributed by atoms with Crippen molar-refractivity contribution in [3.8, 4) is 0 Å². The molecule has 0 aliphatic heterocycles. The molecule has 0 rings (SSSR count). The predicted molar refractivity (Wildman–Crippen MR) is 232 cm³/mol. The third-order valence-corrected chi connectivity index (χ3v) is 10.8. The number of carbonyl (C=O) groups is 2. The number of amides is 1. The maximum Gasteiger partial charge on any atom is 0.305 e. The van der Waals surface area contributed by atoms with Crippen molar-refractivity contribution in [2.24, 2.45) is 0 Å². The molecule has 6 nitrogen and oxygen atoms in total. The van der Waals surface area contributed by atoms with Gasteiger partial charge in [-0.1, -0.05) is 199 Å². The molecule has 0 aromatic rings. The summed E-state index contributed by atoms with van der Waals surface area (Å²) < 4.78 is 5.45. The molecular weight excluding hydrogens is 671 g/mol. The summed E-state index contributed by atoms with van der Waals surface area (Å²) in [5.41, 5.74) is 0. The number of esters is 1. The first-order valence-electron chi connectivity index (χ1n) is 23.6. The van der Waals surface area contributed by atoms with Crippen molar-refractivity contribution in [3.05, 3.63) is 24.3 Å². The van der Waals surface area contributed by atoms with Crippen LogP contribution in [0.25, 0.3) is 0 Å². The average molecular weight is 762 g/mol. The van der Waals surface area contributed by atoms with Gasteiger partial charge in [-0.05, 0) is 57.8 Å². The van der Waals surface area contributed by atoms with E-state index >= 15 is 0 Å². The van der Waals surface area contributed by atoms with Crippen LogP contribution in [-0.4, -0.2) is 47.4 Å². The molecule has 0 aromatic heterocycles. The molecule has 0 aliphatic carbocycles. The van der Waals surface area contributed by atoms with E-state index in [9.17, 15) is 19.8 Å². The number of carbonyl (C=O) groups excluding carboxylic acids is 2. The van der Waals surface area contributed by atoms with Crippen LogP contribution in [0.2, 0.25) is 0 Å². The summed E-state index contributed by atoms with van der Waals surface area (Å²) in [5, 5.41) is 23.0. The lowest BCUT2D eigenvalue weighted by Gasteiger charge is -2.22. The Hall–Kier alpha value is -1.66. The number of rotatable bonds is 43. The summed E-state index contributed by atoms with van der Waals surface area (Å²) >= 11 is 0. The molecule has 0 saturated carbocycles. The second kappa shape index (κ2) is 44.1. The van der Waals surface area contributed by atoms with E-state index in [1.54, 1.807) is 0 Å². The normalized spacial score (nSPS) is 12.9. The number of aliphatic hydroxyl groups is 2. The standard InChI is InChI=1S/C48H91NO5/c1-3-5-7-9-11-13-15-16-17-18-19-20-21-22-26-30-34-38-42-48(53)54-43-39-35-31-27-23-25-29-33-37-41-47(52)49-45(44-50)46(51)40-36-32-28-24-14-12-10-8-6-4-2/h13,15,17-18,45-46,50-51H,3-12,14,16,19-44H2,1-2H3,(H,49,52)/b15-13-,18-17-. The Kier molecular flexibility index (Phi) is 42.7. The molecule has 2 unspecified atom stereocenters. The predicted octanol–water partition coefficient (Wildman–Crippen LogP) is 13.6. The lowest BCUT2D eigenvalue weighted by molar-refractivity contribution is -0.143. The van der Waals surface area contributed by atoms with Crippen molar-refractivity contribution in [2.75, 3.05) is 13.2 Å². The van der Waals surface area contributed by atoms with E-state index in [4.69, 9.17) is 4.74 Å². The Bertz CT molecular complexity index is 843. The molecule has 0 heterocycles. The first-order valence-corrected chi connectivity index (χ1v) is 23.6. The highest BCUT2D eigenvalue weighted by atomic mass is 16.5. The van der Waals surface area contributed by atoms with Gasteiger partial charge in [0.25, 0.3) is 0 Å². The van der Waals surface area contributed by atoms with Gasteiger partial charge in [0, 0.05) is 12.8 Å². The van der Waals surface area contributed by atoms with Gasteiger partial charge >= 0.3 is 5.97 Å². The summed E-state index contributed by atoms with van der Waals surface area (Å²) in [6, 6.07) is -0.560. The van der Waals surface area contributed by atoms with Crippen molar-refractivity contribution in [1.29, 1.82) is 0 Å². The summed E-state index contributed by atoms with van der Waals surface area (Å²) in [6.45, 7) is 4.84. The molecule has 6 heteroatoms. The minimum atomic E-state index is -0.680. The molecule has 0 aromatic carbocycles. The molecule has 2 atom stereocenters. The van der Waals surface area contributed by atoms with Crippen molar-refractivity contribution < 1.29 is 24.5 Å². The van der Waals surface area contributed by atoms with Gasteiger partial charge in [0.15, 0.2) is 0 Å². The molecular formula is C48H91NO5. The molecule has 1 amide bonds. The second-order valence-corrected chi connectivity index (χ2v) is 16.1. The van der Waals surface area contributed by atoms with E-state index < -0.39 is 12.1 Å². The van der Waals surface area contributed by atoms with Crippen LogP contribution in [0, 0.1) is 0 Å². The highest BCUT2D eigenvalue weighted by Gasteiger charge is 2.20. The van der Waals surface area contributed by atoms with Gasteiger partial charge in [-0.15, -0.1) is 0 Å². The second-order valence-electron chi connectivity index (χ2n) is 16.1. The number of hydrogen-bond acceptors (Lipinski definition) is 5. The minimum absolute atomic E-state index is 0.0331. The van der Waals surface area contributed by atoms with Crippen molar-refractivity contribution in [2.45, 2.75) is 257 Å². The Morgan fingerprint density at radius 2 is 0.926 bits per heavy atom. The fourth-order valence-electron chi connectivity index (χ4n) is 7.08. The van der Waals surface area contributed by atoms with E-state index in [1.807, 2.05) is 0 Å². The van der Waals surface area contributed by atoms with Crippen LogP contribution in [0.4, 0.5) is 0 Å². The zero-order valence-corrected chi connectivity index (χ0v) is 36.0. The van der Waals surface area contributed by atoms with Gasteiger partial charge in [-0.2, -0.15) is 0 Å². The third kappa shape index (κ3) is 40.0. The Balaban J connectivity index is 3.48. The highest BCUT2D eigenvalue weighted by Crippen LogP contribution is 2.15. The largest absolute Gasteiger partial charge is 0.466 e. The van der Waals surface area contributed by atoms with Gasteiger partial charge in [0.2, 0.25) is 5.91 Å². The monoisotopic (exact) mass is 762 g/mol. The zero-order valence-electron chi connectivity index (χ0n) is 36.0. The molecule has 3 N–H and O–H groups in total. The van der Waals surface area contributed by atoms with Crippen molar-refractivity contribution in [3.63, 3.8) is 0 Å². The van der Waals surface area contributed by atoms with E-state index in [-0.39, 0.29) is 18.5 Å². The summed E-state index contributed by atoms with van der Waals surface area (Å²) in [6.07, 6.45) is 49.9. The number of aliphatic hydroxyl groups excluding tert-OH is 2. The number of unbranched alkanes of at least 4 members (excludes halogenated alkanes) is 28. The van der Waals surface area contributed by atoms with Gasteiger partial charge in [0.1, 0.15) is 0 Å². The van der Waals surface area contributed by atoms with Crippen LogP contribution in [-0.2, 0) is 14.3 Å². The Morgan fingerprint density at radius 1 is 0.519 bits per heavy atom. The number of hydrogen-bond donors (Lipinski definition) is 3. The molecule has 0 fully saturated rings. The van der Waals surface area contributed by atoms with Gasteiger partial charge in [0.05, 0.1) is 25.4 Å². The fourth-order valence-corrected chi connectivity index (χ4v) is 7.08. The van der Waals surface area contributed by atoms with E-state index in [0.717, 1.165) is 64.2 Å². The average Bonchev–Trinajstić information content (AvgIpc) is 3.17. The highest BCUT2D eigenvalue weighted by molar-refractivity contribution is 5.76. The lowest BCUT2D eigenvalue weighted by atomic mass is 10.0. The van der Waals surface area contributed by atoms with E-state index in [0.29, 0.717) is 25.9 Å². The van der Waals surface area contributed by atoms with Crippen LogP contribution in [0.5, 0.6) is 0 Å². The van der Waals surface area contributed by atoms with Crippen LogP contribution < -0.4 is 5.32 Å². The van der Waals surface area contributed by atoms with Crippen LogP contribution >= 0.6 is 0 Å². The smallest absolute Gasteiger partial charge is 0.305 e. The van der Waals surface area contributed by atoms with Crippen molar-refractivity contribution >= 4 is 11.9 Å². The summed E-state index contributed by atoms with van der Waals surface area (Å²) in [7, 11) is 0. The SMILES string of the molecule is CCCCCC/C=C\C/C=C\CCCCCCCCCC(=O)OCCCCCCCCCCCC(=O)NC(CO)C(O)CCCCCCCCCCCC. The fraction of sp³-hybridized carbons (Fsp3) is 0.875. The van der Waals surface area contributed by atoms with Crippen LogP contribution in [0.1, 0.15) is 245 Å². The first-order chi connectivity index (χ1) is 26.5. The zero-order chi connectivity index (χ0) is 39.4. The van der Waals surface area contributed by atoms with E-state index in [1.165, 1.54) is 148 Å². The van der Waals surface area contributed by atoms with Gasteiger partial charge < -0.3 is 20.3 Å². The number of nitrogens with one attached hydrogen (secondary N) is 1. The Morgan fingerprint density at radius 3 is 1.43 bits per heavy atom. The summed E-state index contributed by atoms with van der Waals surface area (Å²) in [5.74, 6) is -0.0988. The topological polar surface area (TPSA) is 95.9 Å². The molecule has 318 valence electrons. The van der Waals surface area contributed by atoms with Gasteiger partial charge in [-0.3, -0.25) is 9.59 Å². The molecule has 0 aliphatic rings. The Labute approximate surface area is 335 Å². The molecule has 54 heavy (non-hydrogen) atoms.